The second-order valence-corrected chi connectivity index (χ2v) is 7.10. The summed E-state index contributed by atoms with van der Waals surface area (Å²) in [6.07, 6.45) is -4.78. The van der Waals surface area contributed by atoms with Crippen molar-refractivity contribution in [2.75, 3.05) is 13.1 Å². The Balaban J connectivity index is 2.38. The summed E-state index contributed by atoms with van der Waals surface area (Å²) in [7, 11) is -4.23. The molecular weight excluding hydrogens is 327 g/mol. The van der Waals surface area contributed by atoms with E-state index in [4.69, 9.17) is 9.52 Å². The van der Waals surface area contributed by atoms with E-state index >= 15 is 0 Å². The van der Waals surface area contributed by atoms with Crippen LogP contribution in [-0.4, -0.2) is 43.1 Å². The van der Waals surface area contributed by atoms with Crippen LogP contribution < -0.4 is 0 Å². The van der Waals surface area contributed by atoms with Crippen LogP contribution in [0.25, 0.3) is 0 Å². The number of rotatable bonds is 3. The lowest BCUT2D eigenvalue weighted by Crippen LogP contribution is -2.34. The standard InChI is InChI=1S/C12H14F3NO5S/c1-6-3-10(7(2)21-6)22(19,20)16-4-8(11(17)18)9(5-16)12(13,14)15/h3,8-9H,4-5H2,1-2H3,(H,17,18)/t8-,9-/m1/s1. The number of halogens is 3. The highest BCUT2D eigenvalue weighted by Crippen LogP contribution is 2.40. The van der Waals surface area contributed by atoms with Gasteiger partial charge in [-0.15, -0.1) is 0 Å². The summed E-state index contributed by atoms with van der Waals surface area (Å²) in [6, 6.07) is 1.21. The Kier molecular flexibility index (Phi) is 4.03. The Bertz CT molecular complexity index is 694. The van der Waals surface area contributed by atoms with Crippen LogP contribution in [0.2, 0.25) is 0 Å². The van der Waals surface area contributed by atoms with E-state index in [9.17, 15) is 26.4 Å². The lowest BCUT2D eigenvalue weighted by molar-refractivity contribution is -0.187. The topological polar surface area (TPSA) is 87.8 Å². The first-order chi connectivity index (χ1) is 9.94. The molecule has 1 aromatic heterocycles. The van der Waals surface area contributed by atoms with E-state index in [2.05, 4.69) is 0 Å². The zero-order valence-electron chi connectivity index (χ0n) is 11.7. The van der Waals surface area contributed by atoms with Gasteiger partial charge in [0.25, 0.3) is 0 Å². The number of alkyl halides is 3. The number of hydrogen-bond acceptors (Lipinski definition) is 4. The third kappa shape index (κ3) is 2.84. The fourth-order valence-electron chi connectivity index (χ4n) is 2.55. The first-order valence-corrected chi connectivity index (χ1v) is 7.75. The van der Waals surface area contributed by atoms with Crippen molar-refractivity contribution in [3.63, 3.8) is 0 Å². The minimum absolute atomic E-state index is 0.0554. The van der Waals surface area contributed by atoms with Crippen LogP contribution in [0.15, 0.2) is 15.4 Å². The molecule has 2 rings (SSSR count). The summed E-state index contributed by atoms with van der Waals surface area (Å²) >= 11 is 0. The molecule has 1 N–H and O–H groups in total. The summed E-state index contributed by atoms with van der Waals surface area (Å²) in [4.78, 5) is 10.8. The number of sulfonamides is 1. The molecule has 0 aromatic carbocycles. The van der Waals surface area contributed by atoms with Crippen LogP contribution in [-0.2, 0) is 14.8 Å². The van der Waals surface area contributed by atoms with Crippen LogP contribution in [0.5, 0.6) is 0 Å². The maximum Gasteiger partial charge on any atom is 0.393 e. The lowest BCUT2D eigenvalue weighted by Gasteiger charge is -2.18. The van der Waals surface area contributed by atoms with E-state index < -0.39 is 47.1 Å². The van der Waals surface area contributed by atoms with Crippen LogP contribution in [0.3, 0.4) is 0 Å². The molecule has 1 fully saturated rings. The zero-order chi connectivity index (χ0) is 16.9. The van der Waals surface area contributed by atoms with Crippen LogP contribution in [0.1, 0.15) is 11.5 Å². The van der Waals surface area contributed by atoms with Crippen molar-refractivity contribution in [3.05, 3.63) is 17.6 Å². The summed E-state index contributed by atoms with van der Waals surface area (Å²) in [6.45, 7) is 1.26. The Morgan fingerprint density at radius 2 is 1.95 bits per heavy atom. The number of furan rings is 1. The molecule has 1 aliphatic rings. The fraction of sp³-hybridized carbons (Fsp3) is 0.583. The number of aryl methyl sites for hydroxylation is 2. The highest BCUT2D eigenvalue weighted by atomic mass is 32.2. The normalized spacial score (nSPS) is 23.9. The van der Waals surface area contributed by atoms with Crippen molar-refractivity contribution in [3.8, 4) is 0 Å². The largest absolute Gasteiger partial charge is 0.481 e. The number of carbonyl (C=O) groups is 1. The van der Waals surface area contributed by atoms with Gasteiger partial charge in [0.15, 0.2) is 0 Å². The second kappa shape index (κ2) is 5.27. The van der Waals surface area contributed by atoms with Crippen molar-refractivity contribution >= 4 is 16.0 Å². The molecule has 2 atom stereocenters. The molecule has 0 bridgehead atoms. The molecule has 0 radical (unpaired) electrons. The molecule has 0 aliphatic carbocycles. The van der Waals surface area contributed by atoms with Crippen LogP contribution in [0, 0.1) is 25.7 Å². The molecule has 1 aromatic rings. The number of aliphatic carboxylic acids is 1. The van der Waals surface area contributed by atoms with E-state index in [-0.39, 0.29) is 10.7 Å². The Morgan fingerprint density at radius 1 is 1.36 bits per heavy atom. The van der Waals surface area contributed by atoms with Gasteiger partial charge in [0.1, 0.15) is 16.4 Å². The third-order valence-corrected chi connectivity index (χ3v) is 5.58. The van der Waals surface area contributed by atoms with Gasteiger partial charge in [0.2, 0.25) is 10.0 Å². The maximum atomic E-state index is 12.9. The number of nitrogens with zero attached hydrogens (tertiary/aromatic N) is 1. The molecule has 0 amide bonds. The van der Waals surface area contributed by atoms with Gasteiger partial charge in [-0.05, 0) is 19.9 Å². The molecule has 10 heteroatoms. The van der Waals surface area contributed by atoms with E-state index in [1.165, 1.54) is 19.9 Å². The summed E-state index contributed by atoms with van der Waals surface area (Å²) in [5.41, 5.74) is 0. The molecule has 1 aliphatic heterocycles. The van der Waals surface area contributed by atoms with Gasteiger partial charge in [-0.25, -0.2) is 8.42 Å². The molecular formula is C12H14F3NO5S. The lowest BCUT2D eigenvalue weighted by atomic mass is 9.96. The van der Waals surface area contributed by atoms with Gasteiger partial charge in [-0.3, -0.25) is 4.79 Å². The highest BCUT2D eigenvalue weighted by molar-refractivity contribution is 7.89. The fourth-order valence-corrected chi connectivity index (χ4v) is 4.26. The van der Waals surface area contributed by atoms with Crippen molar-refractivity contribution in [1.29, 1.82) is 0 Å². The predicted molar refractivity (Wildman–Crippen MR) is 67.6 cm³/mol. The molecule has 0 unspecified atom stereocenters. The van der Waals surface area contributed by atoms with Crippen molar-refractivity contribution in [2.24, 2.45) is 11.8 Å². The average molecular weight is 341 g/mol. The minimum Gasteiger partial charge on any atom is -0.481 e. The minimum atomic E-state index is -4.78. The van der Waals surface area contributed by atoms with Gasteiger partial charge in [-0.1, -0.05) is 0 Å². The quantitative estimate of drug-likeness (QED) is 0.905. The second-order valence-electron chi connectivity index (χ2n) is 5.19. The van der Waals surface area contributed by atoms with Crippen LogP contribution >= 0.6 is 0 Å². The first kappa shape index (κ1) is 16.8. The molecule has 0 saturated carbocycles. The van der Waals surface area contributed by atoms with Gasteiger partial charge in [0, 0.05) is 13.1 Å². The van der Waals surface area contributed by atoms with E-state index in [1.54, 1.807) is 0 Å². The first-order valence-electron chi connectivity index (χ1n) is 6.31. The number of carboxylic acid groups (broad SMARTS) is 1. The molecule has 2 heterocycles. The number of hydrogen-bond donors (Lipinski definition) is 1. The van der Waals surface area contributed by atoms with Crippen molar-refractivity contribution in [2.45, 2.75) is 24.9 Å². The SMILES string of the molecule is Cc1cc(S(=O)(=O)N2C[C@@H](C(F)(F)F)[C@H](C(=O)O)C2)c(C)o1. The predicted octanol–water partition coefficient (Wildman–Crippen LogP) is 1.78. The Labute approximate surface area is 124 Å². The smallest absolute Gasteiger partial charge is 0.393 e. The third-order valence-electron chi connectivity index (χ3n) is 3.64. The van der Waals surface area contributed by atoms with E-state index in [0.717, 1.165) is 0 Å². The summed E-state index contributed by atoms with van der Waals surface area (Å²) < 4.78 is 69.2. The van der Waals surface area contributed by atoms with Gasteiger partial charge >= 0.3 is 12.1 Å². The molecule has 1 saturated heterocycles. The van der Waals surface area contributed by atoms with Crippen molar-refractivity contribution in [1.82, 2.24) is 4.31 Å². The van der Waals surface area contributed by atoms with Gasteiger partial charge in [-0.2, -0.15) is 17.5 Å². The monoisotopic (exact) mass is 341 g/mol. The average Bonchev–Trinajstić information content (AvgIpc) is 2.92. The van der Waals surface area contributed by atoms with E-state index in [1.807, 2.05) is 0 Å². The molecule has 124 valence electrons. The Hall–Kier alpha value is -1.55. The van der Waals surface area contributed by atoms with Gasteiger partial charge in [0.05, 0.1) is 11.8 Å². The maximum absolute atomic E-state index is 12.9. The summed E-state index contributed by atoms with van der Waals surface area (Å²) in [5.74, 6) is -5.35. The molecule has 22 heavy (non-hydrogen) atoms. The van der Waals surface area contributed by atoms with Gasteiger partial charge < -0.3 is 9.52 Å². The number of carboxylic acids is 1. The molecule has 0 spiro atoms. The van der Waals surface area contributed by atoms with E-state index in [0.29, 0.717) is 10.1 Å². The summed E-state index contributed by atoms with van der Waals surface area (Å²) in [5, 5.41) is 8.92. The zero-order valence-corrected chi connectivity index (χ0v) is 12.5. The van der Waals surface area contributed by atoms with Crippen molar-refractivity contribution < 1.29 is 35.9 Å². The Morgan fingerprint density at radius 3 is 2.32 bits per heavy atom. The van der Waals surface area contributed by atoms with Crippen LogP contribution in [0.4, 0.5) is 13.2 Å². The highest BCUT2D eigenvalue weighted by Gasteiger charge is 2.55. The molecule has 6 nitrogen and oxygen atoms in total.